The summed E-state index contributed by atoms with van der Waals surface area (Å²) in [5, 5.41) is 7.17. The second-order valence-corrected chi connectivity index (χ2v) is 5.34. The molecule has 0 saturated carbocycles. The van der Waals surface area contributed by atoms with Crippen LogP contribution in [0.1, 0.15) is 12.0 Å². The maximum atomic E-state index is 11.6. The van der Waals surface area contributed by atoms with Gasteiger partial charge in [-0.2, -0.15) is 16.9 Å². The first kappa shape index (κ1) is 13.0. The minimum atomic E-state index is -0.111. The Labute approximate surface area is 111 Å². The van der Waals surface area contributed by atoms with Crippen molar-refractivity contribution in [1.29, 1.82) is 0 Å². The second-order valence-electron chi connectivity index (χ2n) is 4.24. The fourth-order valence-corrected chi connectivity index (χ4v) is 2.54. The van der Waals surface area contributed by atoms with Gasteiger partial charge in [0.15, 0.2) is 0 Å². The maximum Gasteiger partial charge on any atom is 0.259 e. The summed E-state index contributed by atoms with van der Waals surface area (Å²) in [7, 11) is 0. The van der Waals surface area contributed by atoms with Gasteiger partial charge >= 0.3 is 0 Å². The normalized spacial score (nSPS) is 16.8. The summed E-state index contributed by atoms with van der Waals surface area (Å²) >= 11 is 1.85. The number of carbonyl (C=O) groups excluding carboxylic acids is 1. The fourth-order valence-electron chi connectivity index (χ4n) is 1.57. The topological polar surface area (TPSA) is 53.5 Å². The lowest BCUT2D eigenvalue weighted by molar-refractivity contribution is -0.119. The molecule has 1 aliphatic rings. The molecule has 0 radical (unpaired) electrons. The molecular formula is C13H17N3OS. The molecule has 0 spiro atoms. The van der Waals surface area contributed by atoms with Gasteiger partial charge in [-0.3, -0.25) is 4.79 Å². The van der Waals surface area contributed by atoms with Crippen molar-refractivity contribution >= 4 is 29.1 Å². The Bertz CT molecular complexity index is 434. The average Bonchev–Trinajstić information content (AvgIpc) is 2.89. The fraction of sp³-hybridized carbons (Fsp3) is 0.385. The number of thioether (sulfide) groups is 1. The summed E-state index contributed by atoms with van der Waals surface area (Å²) in [6, 6.07) is 7.94. The summed E-state index contributed by atoms with van der Waals surface area (Å²) in [5.41, 5.74) is 5.80. The Balaban J connectivity index is 1.74. The number of nitrogens with zero attached hydrogens (tertiary/aromatic N) is 1. The Morgan fingerprint density at radius 1 is 1.39 bits per heavy atom. The molecule has 0 atom stereocenters. The van der Waals surface area contributed by atoms with Crippen LogP contribution >= 0.6 is 11.8 Å². The molecule has 1 aromatic rings. The van der Waals surface area contributed by atoms with Crippen LogP contribution in [0.2, 0.25) is 0 Å². The molecule has 1 saturated heterocycles. The third-order valence-corrected chi connectivity index (χ3v) is 3.68. The van der Waals surface area contributed by atoms with Crippen LogP contribution in [0.3, 0.4) is 0 Å². The van der Waals surface area contributed by atoms with E-state index in [0.29, 0.717) is 0 Å². The lowest BCUT2D eigenvalue weighted by Crippen LogP contribution is -2.26. The first-order valence-electron chi connectivity index (χ1n) is 5.96. The minimum absolute atomic E-state index is 0.111. The summed E-state index contributed by atoms with van der Waals surface area (Å²) < 4.78 is 0. The van der Waals surface area contributed by atoms with Crippen molar-refractivity contribution in [1.82, 2.24) is 5.43 Å². The SMILES string of the molecule is Cc1ccc(NCC(=O)N/N=C2\CCSC2)cc1. The number of carbonyl (C=O) groups is 1. The van der Waals surface area contributed by atoms with Gasteiger partial charge in [0.2, 0.25) is 0 Å². The number of nitrogens with one attached hydrogen (secondary N) is 2. The van der Waals surface area contributed by atoms with E-state index in [1.54, 1.807) is 0 Å². The molecule has 0 aliphatic carbocycles. The van der Waals surface area contributed by atoms with Crippen LogP contribution < -0.4 is 10.7 Å². The van der Waals surface area contributed by atoms with E-state index in [1.807, 2.05) is 43.0 Å². The lowest BCUT2D eigenvalue weighted by Gasteiger charge is -2.05. The molecule has 96 valence electrons. The Hall–Kier alpha value is -1.49. The number of aryl methyl sites for hydroxylation is 1. The third kappa shape index (κ3) is 4.07. The summed E-state index contributed by atoms with van der Waals surface area (Å²) in [4.78, 5) is 11.6. The van der Waals surface area contributed by atoms with E-state index in [-0.39, 0.29) is 12.5 Å². The van der Waals surface area contributed by atoms with Crippen molar-refractivity contribution in [2.45, 2.75) is 13.3 Å². The van der Waals surface area contributed by atoms with Crippen molar-refractivity contribution in [3.05, 3.63) is 29.8 Å². The Morgan fingerprint density at radius 3 is 2.83 bits per heavy atom. The highest BCUT2D eigenvalue weighted by Gasteiger charge is 2.09. The van der Waals surface area contributed by atoms with E-state index in [4.69, 9.17) is 0 Å². The molecule has 0 unspecified atom stereocenters. The van der Waals surface area contributed by atoms with E-state index in [2.05, 4.69) is 15.8 Å². The molecule has 1 fully saturated rings. The van der Waals surface area contributed by atoms with Gasteiger partial charge in [-0.25, -0.2) is 5.43 Å². The smallest absolute Gasteiger partial charge is 0.259 e. The third-order valence-electron chi connectivity index (χ3n) is 2.65. The second kappa shape index (κ2) is 6.44. The first-order valence-corrected chi connectivity index (χ1v) is 7.12. The maximum absolute atomic E-state index is 11.6. The largest absolute Gasteiger partial charge is 0.376 e. The van der Waals surface area contributed by atoms with Gasteiger partial charge in [0, 0.05) is 17.2 Å². The van der Waals surface area contributed by atoms with Gasteiger partial charge in [0.25, 0.3) is 5.91 Å². The minimum Gasteiger partial charge on any atom is -0.376 e. The number of hydrogen-bond acceptors (Lipinski definition) is 4. The van der Waals surface area contributed by atoms with Crippen molar-refractivity contribution < 1.29 is 4.79 Å². The number of hydrogen-bond donors (Lipinski definition) is 2. The average molecular weight is 263 g/mol. The Kier molecular flexibility index (Phi) is 4.64. The molecule has 0 bridgehead atoms. The molecule has 1 aromatic carbocycles. The van der Waals surface area contributed by atoms with Crippen molar-refractivity contribution in [3.63, 3.8) is 0 Å². The van der Waals surface area contributed by atoms with Gasteiger partial charge in [-0.05, 0) is 31.2 Å². The zero-order valence-electron chi connectivity index (χ0n) is 10.4. The van der Waals surface area contributed by atoms with Crippen LogP contribution in [-0.4, -0.2) is 29.7 Å². The van der Waals surface area contributed by atoms with Crippen molar-refractivity contribution in [2.75, 3.05) is 23.4 Å². The molecule has 1 aliphatic heterocycles. The van der Waals surface area contributed by atoms with E-state index in [0.717, 1.165) is 29.3 Å². The van der Waals surface area contributed by atoms with Gasteiger partial charge in [0.1, 0.15) is 0 Å². The summed E-state index contributed by atoms with van der Waals surface area (Å²) in [6.07, 6.45) is 0.982. The molecule has 2 N–H and O–H groups in total. The number of hydrazone groups is 1. The van der Waals surface area contributed by atoms with Gasteiger partial charge in [-0.1, -0.05) is 17.7 Å². The van der Waals surface area contributed by atoms with E-state index in [1.165, 1.54) is 5.56 Å². The van der Waals surface area contributed by atoms with Crippen LogP contribution in [0.15, 0.2) is 29.4 Å². The molecule has 18 heavy (non-hydrogen) atoms. The molecular weight excluding hydrogens is 246 g/mol. The highest BCUT2D eigenvalue weighted by Crippen LogP contribution is 2.13. The van der Waals surface area contributed by atoms with E-state index in [9.17, 15) is 4.79 Å². The monoisotopic (exact) mass is 263 g/mol. The van der Waals surface area contributed by atoms with Gasteiger partial charge in [0.05, 0.1) is 6.54 Å². The zero-order chi connectivity index (χ0) is 12.8. The molecule has 2 rings (SSSR count). The predicted octanol–water partition coefficient (Wildman–Crippen LogP) is 2.02. The summed E-state index contributed by atoms with van der Waals surface area (Å²) in [6.45, 7) is 2.28. The standard InChI is InChI=1S/C13H17N3OS/c1-10-2-4-11(5-3-10)14-8-13(17)16-15-12-6-7-18-9-12/h2-5,14H,6-9H2,1H3,(H,16,17)/b15-12+. The molecule has 0 aromatic heterocycles. The van der Waals surface area contributed by atoms with Crippen LogP contribution in [0.4, 0.5) is 5.69 Å². The van der Waals surface area contributed by atoms with Crippen molar-refractivity contribution in [3.8, 4) is 0 Å². The van der Waals surface area contributed by atoms with Crippen LogP contribution in [-0.2, 0) is 4.79 Å². The first-order chi connectivity index (χ1) is 8.74. The van der Waals surface area contributed by atoms with Crippen LogP contribution in [0, 0.1) is 6.92 Å². The van der Waals surface area contributed by atoms with Crippen LogP contribution in [0.5, 0.6) is 0 Å². The molecule has 1 heterocycles. The number of benzene rings is 1. The van der Waals surface area contributed by atoms with E-state index >= 15 is 0 Å². The quantitative estimate of drug-likeness (QED) is 0.817. The number of anilines is 1. The highest BCUT2D eigenvalue weighted by molar-refractivity contribution is 8.00. The lowest BCUT2D eigenvalue weighted by atomic mass is 10.2. The summed E-state index contributed by atoms with van der Waals surface area (Å²) in [5.74, 6) is 1.93. The number of amides is 1. The van der Waals surface area contributed by atoms with E-state index < -0.39 is 0 Å². The van der Waals surface area contributed by atoms with Crippen LogP contribution in [0.25, 0.3) is 0 Å². The van der Waals surface area contributed by atoms with Gasteiger partial charge < -0.3 is 5.32 Å². The number of rotatable bonds is 4. The molecule has 4 nitrogen and oxygen atoms in total. The van der Waals surface area contributed by atoms with Crippen molar-refractivity contribution in [2.24, 2.45) is 5.10 Å². The van der Waals surface area contributed by atoms with Gasteiger partial charge in [-0.15, -0.1) is 0 Å². The predicted molar refractivity (Wildman–Crippen MR) is 77.2 cm³/mol. The Morgan fingerprint density at radius 2 is 2.17 bits per heavy atom. The molecule has 1 amide bonds. The highest BCUT2D eigenvalue weighted by atomic mass is 32.2. The molecule has 5 heteroatoms. The zero-order valence-corrected chi connectivity index (χ0v) is 11.2.